The van der Waals surface area contributed by atoms with Crippen LogP contribution in [-0.4, -0.2) is 41.3 Å². The molecular formula is C19H20N2O4. The van der Waals surface area contributed by atoms with E-state index in [0.717, 1.165) is 16.3 Å². The summed E-state index contributed by atoms with van der Waals surface area (Å²) in [7, 11) is 3.36. The third-order valence-corrected chi connectivity index (χ3v) is 4.35. The van der Waals surface area contributed by atoms with E-state index in [1.54, 1.807) is 26.0 Å². The fourth-order valence-electron chi connectivity index (χ4n) is 2.76. The van der Waals surface area contributed by atoms with Crippen molar-refractivity contribution in [3.63, 3.8) is 0 Å². The lowest BCUT2D eigenvalue weighted by atomic mass is 10.0. The molecule has 1 heterocycles. The van der Waals surface area contributed by atoms with Crippen LogP contribution in [-0.2, 0) is 11.3 Å². The first-order chi connectivity index (χ1) is 12.0. The molecule has 0 aliphatic carbocycles. The van der Waals surface area contributed by atoms with Crippen LogP contribution in [0.15, 0.2) is 47.0 Å². The molecule has 0 aliphatic rings. The summed E-state index contributed by atoms with van der Waals surface area (Å²) in [6, 6.07) is 13.1. The number of fused-ring (bicyclic) bond motifs is 1. The van der Waals surface area contributed by atoms with Crippen molar-refractivity contribution in [2.75, 3.05) is 14.2 Å². The van der Waals surface area contributed by atoms with Gasteiger partial charge >= 0.3 is 5.97 Å². The fourth-order valence-corrected chi connectivity index (χ4v) is 2.76. The number of ether oxygens (including phenoxy) is 1. The van der Waals surface area contributed by atoms with Crippen molar-refractivity contribution in [3.05, 3.63) is 48.2 Å². The number of rotatable bonds is 6. The van der Waals surface area contributed by atoms with E-state index in [0.29, 0.717) is 23.7 Å². The lowest BCUT2D eigenvalue weighted by molar-refractivity contribution is -0.142. The van der Waals surface area contributed by atoms with Crippen LogP contribution in [0.4, 0.5) is 0 Å². The van der Waals surface area contributed by atoms with Crippen LogP contribution in [0.3, 0.4) is 0 Å². The van der Waals surface area contributed by atoms with E-state index in [-0.39, 0.29) is 0 Å². The van der Waals surface area contributed by atoms with Crippen molar-refractivity contribution in [3.8, 4) is 17.0 Å². The number of nitrogens with zero attached hydrogens (tertiary/aromatic N) is 2. The molecule has 0 amide bonds. The number of aromatic nitrogens is 1. The van der Waals surface area contributed by atoms with Crippen LogP contribution in [0.25, 0.3) is 22.0 Å². The summed E-state index contributed by atoms with van der Waals surface area (Å²) in [4.78, 5) is 12.8. The van der Waals surface area contributed by atoms with Crippen molar-refractivity contribution >= 4 is 16.7 Å². The second kappa shape index (κ2) is 6.94. The van der Waals surface area contributed by atoms with Gasteiger partial charge in [-0.3, -0.25) is 9.69 Å². The summed E-state index contributed by atoms with van der Waals surface area (Å²) >= 11 is 0. The summed E-state index contributed by atoms with van der Waals surface area (Å²) in [5.74, 6) is 0.435. The molecule has 1 atom stereocenters. The van der Waals surface area contributed by atoms with Crippen LogP contribution in [0.1, 0.15) is 12.7 Å². The number of hydrogen-bond acceptors (Lipinski definition) is 5. The van der Waals surface area contributed by atoms with Gasteiger partial charge in [-0.05, 0) is 30.8 Å². The molecule has 25 heavy (non-hydrogen) atoms. The maximum atomic E-state index is 11.1. The summed E-state index contributed by atoms with van der Waals surface area (Å²) in [5, 5.41) is 15.4. The van der Waals surface area contributed by atoms with Gasteiger partial charge in [-0.25, -0.2) is 0 Å². The third-order valence-electron chi connectivity index (χ3n) is 4.35. The van der Waals surface area contributed by atoms with E-state index in [1.807, 2.05) is 42.5 Å². The molecule has 130 valence electrons. The molecule has 0 bridgehead atoms. The third kappa shape index (κ3) is 3.34. The Morgan fingerprint density at radius 2 is 2.08 bits per heavy atom. The molecular weight excluding hydrogens is 320 g/mol. The maximum Gasteiger partial charge on any atom is 0.320 e. The minimum absolute atomic E-state index is 0.355. The molecule has 3 rings (SSSR count). The lowest BCUT2D eigenvalue weighted by Crippen LogP contribution is -2.35. The predicted octanol–water partition coefficient (Wildman–Crippen LogP) is 3.41. The van der Waals surface area contributed by atoms with E-state index in [4.69, 9.17) is 14.4 Å². The molecule has 0 fully saturated rings. The largest absolute Gasteiger partial charge is 0.496 e. The molecule has 1 N–H and O–H groups in total. The number of likely N-dealkylation sites (N-methyl/N-ethyl adjacent to an activating group) is 1. The Labute approximate surface area is 145 Å². The van der Waals surface area contributed by atoms with Crippen LogP contribution in [0.5, 0.6) is 5.75 Å². The quantitative estimate of drug-likeness (QED) is 0.741. The van der Waals surface area contributed by atoms with Crippen molar-refractivity contribution in [2.45, 2.75) is 19.5 Å². The second-order valence-electron chi connectivity index (χ2n) is 5.97. The van der Waals surface area contributed by atoms with Gasteiger partial charge in [-0.15, -0.1) is 0 Å². The molecule has 0 saturated carbocycles. The Morgan fingerprint density at radius 3 is 2.80 bits per heavy atom. The Morgan fingerprint density at radius 1 is 1.32 bits per heavy atom. The number of benzene rings is 2. The molecule has 3 aromatic rings. The first-order valence-corrected chi connectivity index (χ1v) is 7.96. The highest BCUT2D eigenvalue weighted by Crippen LogP contribution is 2.36. The molecule has 1 unspecified atom stereocenters. The van der Waals surface area contributed by atoms with Gasteiger partial charge in [0, 0.05) is 6.07 Å². The van der Waals surface area contributed by atoms with E-state index in [1.165, 1.54) is 0 Å². The number of methoxy groups -OCH3 is 1. The van der Waals surface area contributed by atoms with Crippen molar-refractivity contribution in [1.29, 1.82) is 0 Å². The first-order valence-electron chi connectivity index (χ1n) is 7.96. The van der Waals surface area contributed by atoms with Gasteiger partial charge in [-0.1, -0.05) is 35.5 Å². The van der Waals surface area contributed by atoms with Crippen LogP contribution in [0.2, 0.25) is 0 Å². The van der Waals surface area contributed by atoms with Crippen LogP contribution < -0.4 is 4.74 Å². The molecule has 6 heteroatoms. The van der Waals surface area contributed by atoms with Gasteiger partial charge in [0.25, 0.3) is 0 Å². The predicted molar refractivity (Wildman–Crippen MR) is 94.6 cm³/mol. The van der Waals surface area contributed by atoms with Crippen LogP contribution in [0, 0.1) is 0 Å². The van der Waals surface area contributed by atoms with E-state index < -0.39 is 12.0 Å². The van der Waals surface area contributed by atoms with Gasteiger partial charge in [0.1, 0.15) is 17.5 Å². The first kappa shape index (κ1) is 17.0. The molecule has 0 saturated heterocycles. The lowest BCUT2D eigenvalue weighted by Gasteiger charge is -2.18. The molecule has 6 nitrogen and oxygen atoms in total. The van der Waals surface area contributed by atoms with E-state index >= 15 is 0 Å². The zero-order valence-electron chi connectivity index (χ0n) is 14.4. The number of aliphatic carboxylic acids is 1. The Hall–Kier alpha value is -2.86. The highest BCUT2D eigenvalue weighted by molar-refractivity contribution is 5.98. The molecule has 0 radical (unpaired) electrons. The highest BCUT2D eigenvalue weighted by Gasteiger charge is 2.20. The highest BCUT2D eigenvalue weighted by atomic mass is 16.5. The number of carboxylic acid groups (broad SMARTS) is 1. The molecule has 1 aromatic heterocycles. The number of hydrogen-bond donors (Lipinski definition) is 1. The fraction of sp³-hybridized carbons (Fsp3) is 0.263. The van der Waals surface area contributed by atoms with Crippen molar-refractivity contribution in [1.82, 2.24) is 10.1 Å². The Bertz CT molecular complexity index is 903. The van der Waals surface area contributed by atoms with E-state index in [9.17, 15) is 4.79 Å². The van der Waals surface area contributed by atoms with Crippen molar-refractivity contribution < 1.29 is 19.2 Å². The van der Waals surface area contributed by atoms with E-state index in [2.05, 4.69) is 5.16 Å². The SMILES string of the molecule is COc1ccc2ccccc2c1-c1cc(CN(C)C(C)C(=O)O)on1. The monoisotopic (exact) mass is 340 g/mol. The molecule has 2 aromatic carbocycles. The number of carbonyl (C=O) groups is 1. The zero-order chi connectivity index (χ0) is 18.0. The molecule has 0 aliphatic heterocycles. The smallest absolute Gasteiger partial charge is 0.320 e. The normalized spacial score (nSPS) is 12.5. The summed E-state index contributed by atoms with van der Waals surface area (Å²) < 4.78 is 10.9. The average molecular weight is 340 g/mol. The van der Waals surface area contributed by atoms with Gasteiger partial charge in [0.15, 0.2) is 5.76 Å². The average Bonchev–Trinajstić information content (AvgIpc) is 3.07. The summed E-state index contributed by atoms with van der Waals surface area (Å²) in [6.07, 6.45) is 0. The maximum absolute atomic E-state index is 11.1. The standard InChI is InChI=1S/C19H20N2O4/c1-12(19(22)23)21(2)11-14-10-16(20-25-14)18-15-7-5-4-6-13(15)8-9-17(18)24-3/h4-10,12H,11H2,1-3H3,(H,22,23). The minimum Gasteiger partial charge on any atom is -0.496 e. The topological polar surface area (TPSA) is 75.8 Å². The van der Waals surface area contributed by atoms with Crippen molar-refractivity contribution in [2.24, 2.45) is 0 Å². The van der Waals surface area contributed by atoms with Gasteiger partial charge < -0.3 is 14.4 Å². The molecule has 0 spiro atoms. The second-order valence-corrected chi connectivity index (χ2v) is 5.97. The zero-order valence-corrected chi connectivity index (χ0v) is 14.4. The summed E-state index contributed by atoms with van der Waals surface area (Å²) in [5.41, 5.74) is 1.53. The van der Waals surface area contributed by atoms with Gasteiger partial charge in [0.2, 0.25) is 0 Å². The number of carboxylic acids is 1. The summed E-state index contributed by atoms with van der Waals surface area (Å²) in [6.45, 7) is 1.99. The van der Waals surface area contributed by atoms with Gasteiger partial charge in [-0.2, -0.15) is 0 Å². The Balaban J connectivity index is 1.97. The Kier molecular flexibility index (Phi) is 4.72. The minimum atomic E-state index is -0.877. The van der Waals surface area contributed by atoms with Gasteiger partial charge in [0.05, 0.1) is 19.2 Å². The van der Waals surface area contributed by atoms with Crippen LogP contribution >= 0.6 is 0 Å².